The number of nitrogens with one attached hydrogen (secondary N) is 1. The second-order valence-corrected chi connectivity index (χ2v) is 6.89. The van der Waals surface area contributed by atoms with E-state index in [4.69, 9.17) is 9.84 Å². The third kappa shape index (κ3) is 3.74. The van der Waals surface area contributed by atoms with Crippen molar-refractivity contribution in [2.45, 2.75) is 64.2 Å². The summed E-state index contributed by atoms with van der Waals surface area (Å²) in [5, 5.41) is 12.5. The predicted octanol–water partition coefficient (Wildman–Crippen LogP) is 3.37. The number of ether oxygens (including phenoxy) is 1. The maximum absolute atomic E-state index is 8.92. The average Bonchev–Trinajstić information content (AvgIpc) is 2.55. The maximum atomic E-state index is 8.92. The van der Waals surface area contributed by atoms with Crippen LogP contribution in [0.2, 0.25) is 0 Å². The Bertz CT molecular complexity index is 454. The molecule has 0 spiro atoms. The molecule has 1 aliphatic rings. The highest BCUT2D eigenvalue weighted by Gasteiger charge is 2.45. The molecule has 112 valence electrons. The molecule has 0 saturated carbocycles. The van der Waals surface area contributed by atoms with Crippen LogP contribution in [0.15, 0.2) is 24.3 Å². The first-order valence-corrected chi connectivity index (χ1v) is 7.49. The van der Waals surface area contributed by atoms with E-state index in [1.165, 1.54) is 5.56 Å². The third-order valence-corrected chi connectivity index (χ3v) is 3.97. The molecular formula is C17H27NO2. The molecule has 20 heavy (non-hydrogen) atoms. The molecule has 1 aromatic rings. The number of aryl methyl sites for hydroxylation is 1. The number of benzene rings is 1. The highest BCUT2D eigenvalue weighted by Crippen LogP contribution is 2.38. The Labute approximate surface area is 122 Å². The Kier molecular flexibility index (Phi) is 4.40. The van der Waals surface area contributed by atoms with Gasteiger partial charge in [-0.1, -0.05) is 12.1 Å². The van der Waals surface area contributed by atoms with Gasteiger partial charge in [0, 0.05) is 12.3 Å². The van der Waals surface area contributed by atoms with Gasteiger partial charge in [-0.3, -0.25) is 0 Å². The van der Waals surface area contributed by atoms with Gasteiger partial charge < -0.3 is 15.2 Å². The van der Waals surface area contributed by atoms with E-state index in [1.807, 2.05) is 0 Å². The molecule has 1 saturated heterocycles. The Morgan fingerprint density at radius 2 is 2.05 bits per heavy atom. The topological polar surface area (TPSA) is 41.5 Å². The van der Waals surface area contributed by atoms with Gasteiger partial charge >= 0.3 is 0 Å². The zero-order valence-corrected chi connectivity index (χ0v) is 13.1. The Morgan fingerprint density at radius 3 is 2.65 bits per heavy atom. The molecule has 3 heteroatoms. The summed E-state index contributed by atoms with van der Waals surface area (Å²) in [6, 6.07) is 8.77. The summed E-state index contributed by atoms with van der Waals surface area (Å²) in [4.78, 5) is 0. The summed E-state index contributed by atoms with van der Waals surface area (Å²) < 4.78 is 6.12. The molecule has 0 aromatic heterocycles. The Balaban J connectivity index is 2.06. The molecule has 0 radical (unpaired) electrons. The van der Waals surface area contributed by atoms with Crippen molar-refractivity contribution in [1.82, 2.24) is 0 Å². The third-order valence-electron chi connectivity index (χ3n) is 3.97. The number of aliphatic hydroxyl groups is 1. The zero-order valence-electron chi connectivity index (χ0n) is 13.1. The minimum atomic E-state index is -0.162. The average molecular weight is 277 g/mol. The predicted molar refractivity (Wildman–Crippen MR) is 83.1 cm³/mol. The summed E-state index contributed by atoms with van der Waals surface area (Å²) in [5.74, 6) is 0. The summed E-state index contributed by atoms with van der Waals surface area (Å²) in [7, 11) is 0. The van der Waals surface area contributed by atoms with Crippen molar-refractivity contribution in [3.05, 3.63) is 29.8 Å². The highest BCUT2D eigenvalue weighted by molar-refractivity contribution is 5.47. The Hall–Kier alpha value is -1.06. The van der Waals surface area contributed by atoms with Gasteiger partial charge in [0.25, 0.3) is 0 Å². The summed E-state index contributed by atoms with van der Waals surface area (Å²) in [6.45, 7) is 8.83. The summed E-state index contributed by atoms with van der Waals surface area (Å²) in [5.41, 5.74) is 2.17. The normalized spacial score (nSPS) is 23.8. The van der Waals surface area contributed by atoms with Gasteiger partial charge in [-0.2, -0.15) is 0 Å². The number of rotatable bonds is 5. The van der Waals surface area contributed by atoms with Crippen LogP contribution in [0.4, 0.5) is 5.69 Å². The van der Waals surface area contributed by atoms with E-state index < -0.39 is 0 Å². The SMILES string of the molecule is CC1(C)CC(Nc2cccc(CCCO)c2)C(C)(C)O1. The molecule has 2 rings (SSSR count). The minimum absolute atomic E-state index is 0.0737. The van der Waals surface area contributed by atoms with Crippen LogP contribution in [-0.4, -0.2) is 29.0 Å². The second-order valence-electron chi connectivity index (χ2n) is 6.89. The standard InChI is InChI=1S/C17H27NO2/c1-16(2)12-15(17(3,4)20-16)18-14-9-5-7-13(11-14)8-6-10-19/h5,7,9,11,15,18-19H,6,8,10,12H2,1-4H3. The van der Waals surface area contributed by atoms with E-state index >= 15 is 0 Å². The molecule has 1 atom stereocenters. The van der Waals surface area contributed by atoms with Crippen LogP contribution < -0.4 is 5.32 Å². The molecule has 1 aromatic carbocycles. The second kappa shape index (κ2) is 5.74. The van der Waals surface area contributed by atoms with E-state index in [1.54, 1.807) is 0 Å². The summed E-state index contributed by atoms with van der Waals surface area (Å²) in [6.07, 6.45) is 2.73. The van der Waals surface area contributed by atoms with Gasteiger partial charge in [0.2, 0.25) is 0 Å². The molecule has 1 aliphatic heterocycles. The van der Waals surface area contributed by atoms with E-state index in [2.05, 4.69) is 57.3 Å². The van der Waals surface area contributed by atoms with Crippen molar-refractivity contribution in [3.63, 3.8) is 0 Å². The van der Waals surface area contributed by atoms with Crippen molar-refractivity contribution in [3.8, 4) is 0 Å². The van der Waals surface area contributed by atoms with Gasteiger partial charge in [0.05, 0.1) is 17.2 Å². The van der Waals surface area contributed by atoms with Crippen molar-refractivity contribution >= 4 is 5.69 Å². The quantitative estimate of drug-likeness (QED) is 0.867. The highest BCUT2D eigenvalue weighted by atomic mass is 16.5. The molecule has 0 amide bonds. The fraction of sp³-hybridized carbons (Fsp3) is 0.647. The van der Waals surface area contributed by atoms with E-state index in [-0.39, 0.29) is 17.8 Å². The molecule has 1 unspecified atom stereocenters. The van der Waals surface area contributed by atoms with Crippen LogP contribution in [0.5, 0.6) is 0 Å². The lowest BCUT2D eigenvalue weighted by Gasteiger charge is -2.28. The van der Waals surface area contributed by atoms with Gasteiger partial charge in [-0.25, -0.2) is 0 Å². The number of hydrogen-bond acceptors (Lipinski definition) is 3. The van der Waals surface area contributed by atoms with Crippen LogP contribution in [0.25, 0.3) is 0 Å². The van der Waals surface area contributed by atoms with Gasteiger partial charge in [-0.15, -0.1) is 0 Å². The van der Waals surface area contributed by atoms with Crippen LogP contribution in [0, 0.1) is 0 Å². The first-order chi connectivity index (χ1) is 9.32. The molecular weight excluding hydrogens is 250 g/mol. The smallest absolute Gasteiger partial charge is 0.0834 e. The summed E-state index contributed by atoms with van der Waals surface area (Å²) >= 11 is 0. The first-order valence-electron chi connectivity index (χ1n) is 7.49. The lowest BCUT2D eigenvalue weighted by molar-refractivity contribution is -0.0662. The molecule has 3 nitrogen and oxygen atoms in total. The lowest BCUT2D eigenvalue weighted by Crippen LogP contribution is -2.38. The first kappa shape index (κ1) is 15.3. The van der Waals surface area contributed by atoms with Crippen LogP contribution in [-0.2, 0) is 11.2 Å². The minimum Gasteiger partial charge on any atom is -0.396 e. The lowest BCUT2D eigenvalue weighted by atomic mass is 9.94. The monoisotopic (exact) mass is 277 g/mol. The van der Waals surface area contributed by atoms with Crippen LogP contribution >= 0.6 is 0 Å². The molecule has 0 aliphatic carbocycles. The number of anilines is 1. The van der Waals surface area contributed by atoms with Crippen molar-refractivity contribution in [2.24, 2.45) is 0 Å². The van der Waals surface area contributed by atoms with Crippen molar-refractivity contribution in [2.75, 3.05) is 11.9 Å². The fourth-order valence-corrected chi connectivity index (χ4v) is 3.09. The fourth-order valence-electron chi connectivity index (χ4n) is 3.09. The Morgan fingerprint density at radius 1 is 1.30 bits per heavy atom. The van der Waals surface area contributed by atoms with Crippen molar-refractivity contribution < 1.29 is 9.84 Å². The van der Waals surface area contributed by atoms with E-state index in [9.17, 15) is 0 Å². The number of hydrogen-bond donors (Lipinski definition) is 2. The molecule has 1 heterocycles. The largest absolute Gasteiger partial charge is 0.396 e. The molecule has 0 bridgehead atoms. The van der Waals surface area contributed by atoms with Gasteiger partial charge in [0.15, 0.2) is 0 Å². The van der Waals surface area contributed by atoms with E-state index in [0.717, 1.165) is 24.9 Å². The molecule has 1 fully saturated rings. The van der Waals surface area contributed by atoms with Crippen molar-refractivity contribution in [1.29, 1.82) is 0 Å². The van der Waals surface area contributed by atoms with E-state index in [0.29, 0.717) is 6.04 Å². The van der Waals surface area contributed by atoms with Gasteiger partial charge in [-0.05, 0) is 64.7 Å². The zero-order chi connectivity index (χ0) is 14.8. The number of aliphatic hydroxyl groups excluding tert-OH is 1. The molecule has 2 N–H and O–H groups in total. The van der Waals surface area contributed by atoms with Crippen LogP contribution in [0.1, 0.15) is 46.1 Å². The van der Waals surface area contributed by atoms with Crippen LogP contribution in [0.3, 0.4) is 0 Å². The van der Waals surface area contributed by atoms with Gasteiger partial charge in [0.1, 0.15) is 0 Å². The maximum Gasteiger partial charge on any atom is 0.0834 e.